The molecule has 1 N–H and O–H groups in total. The van der Waals surface area contributed by atoms with Gasteiger partial charge in [-0.15, -0.1) is 0 Å². The summed E-state index contributed by atoms with van der Waals surface area (Å²) in [5, 5.41) is 8.87. The van der Waals surface area contributed by atoms with Crippen LogP contribution in [0.5, 0.6) is 0 Å². The molecule has 3 fully saturated rings. The van der Waals surface area contributed by atoms with Crippen LogP contribution < -0.4 is 0 Å². The van der Waals surface area contributed by atoms with Crippen LogP contribution in [0.4, 0.5) is 4.39 Å². The summed E-state index contributed by atoms with van der Waals surface area (Å²) in [5.41, 5.74) is 1.22. The van der Waals surface area contributed by atoms with Gasteiger partial charge in [-0.1, -0.05) is 25.0 Å². The van der Waals surface area contributed by atoms with Crippen LogP contribution in [0.15, 0.2) is 24.3 Å². The number of fused-ring (bicyclic) bond motifs is 4. The second-order valence-corrected chi connectivity index (χ2v) is 7.55. The first-order valence-corrected chi connectivity index (χ1v) is 9.56. The minimum absolute atomic E-state index is 0.151. The standard InChI is InChI=1S/C20H31FN2O/c21-19-8-5-17(6-9-19)13-22-14-18-7-10-20(16-22)23(15-18)11-3-1-2-4-12-24/h5-6,8-9,18,20,24H,1-4,7,10-16H2/t18-,20+/m0/s1. The molecule has 3 heterocycles. The molecule has 0 aliphatic carbocycles. The van der Waals surface area contributed by atoms with E-state index < -0.39 is 0 Å². The summed E-state index contributed by atoms with van der Waals surface area (Å²) >= 11 is 0. The maximum absolute atomic E-state index is 13.1. The average molecular weight is 334 g/mol. The fourth-order valence-electron chi connectivity index (χ4n) is 4.31. The van der Waals surface area contributed by atoms with Crippen LogP contribution in [-0.4, -0.2) is 53.7 Å². The molecule has 24 heavy (non-hydrogen) atoms. The van der Waals surface area contributed by atoms with Crippen LogP contribution in [0.3, 0.4) is 0 Å². The summed E-state index contributed by atoms with van der Waals surface area (Å²) in [6, 6.07) is 7.66. The van der Waals surface area contributed by atoms with E-state index in [2.05, 4.69) is 9.80 Å². The van der Waals surface area contributed by atoms with E-state index in [0.717, 1.165) is 31.8 Å². The molecule has 2 bridgehead atoms. The van der Waals surface area contributed by atoms with E-state index in [9.17, 15) is 4.39 Å². The number of hydrogen-bond acceptors (Lipinski definition) is 3. The van der Waals surface area contributed by atoms with Crippen LogP contribution in [-0.2, 0) is 6.54 Å². The molecule has 1 aromatic rings. The number of piperidine rings is 1. The molecule has 3 aliphatic rings. The Morgan fingerprint density at radius 1 is 0.958 bits per heavy atom. The van der Waals surface area contributed by atoms with Crippen molar-refractivity contribution in [2.45, 2.75) is 51.1 Å². The Hall–Kier alpha value is -0.970. The lowest BCUT2D eigenvalue weighted by Crippen LogP contribution is -2.44. The third-order valence-electron chi connectivity index (χ3n) is 5.58. The summed E-state index contributed by atoms with van der Waals surface area (Å²) in [7, 11) is 0. The smallest absolute Gasteiger partial charge is 0.123 e. The SMILES string of the molecule is OCCCCCCN1C[C@H]2CC[C@@H]1CN(Cc1ccc(F)cc1)C2. The van der Waals surface area contributed by atoms with Crippen molar-refractivity contribution in [2.24, 2.45) is 5.92 Å². The zero-order chi connectivity index (χ0) is 16.8. The summed E-state index contributed by atoms with van der Waals surface area (Å²) < 4.78 is 13.1. The fourth-order valence-corrected chi connectivity index (χ4v) is 4.31. The molecule has 4 heteroatoms. The van der Waals surface area contributed by atoms with E-state index in [1.807, 2.05) is 12.1 Å². The Balaban J connectivity index is 1.50. The van der Waals surface area contributed by atoms with Crippen LogP contribution in [0, 0.1) is 11.7 Å². The maximum Gasteiger partial charge on any atom is 0.123 e. The minimum atomic E-state index is -0.151. The molecule has 134 valence electrons. The van der Waals surface area contributed by atoms with Crippen LogP contribution >= 0.6 is 0 Å². The predicted octanol–water partition coefficient (Wildman–Crippen LogP) is 3.27. The van der Waals surface area contributed by atoms with E-state index in [1.54, 1.807) is 12.1 Å². The normalized spacial score (nSPS) is 25.1. The molecule has 0 saturated carbocycles. The number of halogens is 1. The Bertz CT molecular complexity index is 493. The van der Waals surface area contributed by atoms with Crippen LogP contribution in [0.25, 0.3) is 0 Å². The first-order valence-electron chi connectivity index (χ1n) is 9.56. The van der Waals surface area contributed by atoms with Gasteiger partial charge in [0.25, 0.3) is 0 Å². The monoisotopic (exact) mass is 334 g/mol. The highest BCUT2D eigenvalue weighted by Gasteiger charge is 2.34. The van der Waals surface area contributed by atoms with Crippen molar-refractivity contribution in [3.8, 4) is 0 Å². The van der Waals surface area contributed by atoms with Gasteiger partial charge in [0.1, 0.15) is 5.82 Å². The van der Waals surface area contributed by atoms with Crippen molar-refractivity contribution in [1.82, 2.24) is 9.80 Å². The topological polar surface area (TPSA) is 26.7 Å². The van der Waals surface area contributed by atoms with E-state index in [0.29, 0.717) is 12.6 Å². The Labute approximate surface area is 145 Å². The summed E-state index contributed by atoms with van der Waals surface area (Å²) in [5.74, 6) is 0.628. The van der Waals surface area contributed by atoms with E-state index in [1.165, 1.54) is 50.9 Å². The Kier molecular flexibility index (Phi) is 6.64. The molecule has 0 aromatic heterocycles. The Morgan fingerprint density at radius 3 is 2.54 bits per heavy atom. The van der Waals surface area contributed by atoms with Crippen molar-refractivity contribution in [2.75, 3.05) is 32.8 Å². The summed E-state index contributed by atoms with van der Waals surface area (Å²) in [4.78, 5) is 5.28. The van der Waals surface area contributed by atoms with Crippen molar-refractivity contribution >= 4 is 0 Å². The van der Waals surface area contributed by atoms with E-state index >= 15 is 0 Å². The van der Waals surface area contributed by atoms with Gasteiger partial charge in [-0.25, -0.2) is 4.39 Å². The number of benzene rings is 1. The number of nitrogens with zero attached hydrogens (tertiary/aromatic N) is 2. The average Bonchev–Trinajstić information content (AvgIpc) is 2.87. The lowest BCUT2D eigenvalue weighted by Gasteiger charge is -2.36. The summed E-state index contributed by atoms with van der Waals surface area (Å²) in [6.45, 7) is 6.03. The fraction of sp³-hybridized carbons (Fsp3) is 0.700. The van der Waals surface area contributed by atoms with Crippen molar-refractivity contribution in [1.29, 1.82) is 0 Å². The van der Waals surface area contributed by atoms with Gasteiger partial charge in [0.15, 0.2) is 0 Å². The van der Waals surface area contributed by atoms with Gasteiger partial charge in [-0.05, 0) is 55.8 Å². The van der Waals surface area contributed by atoms with E-state index in [-0.39, 0.29) is 5.82 Å². The molecule has 2 atom stereocenters. The van der Waals surface area contributed by atoms with Crippen molar-refractivity contribution in [3.05, 3.63) is 35.6 Å². The second kappa shape index (κ2) is 8.93. The van der Waals surface area contributed by atoms with Gasteiger partial charge in [0, 0.05) is 38.8 Å². The highest BCUT2D eigenvalue weighted by Crippen LogP contribution is 2.29. The molecule has 0 unspecified atom stereocenters. The largest absolute Gasteiger partial charge is 0.396 e. The molecule has 1 aromatic carbocycles. The molecule has 3 nitrogen and oxygen atoms in total. The van der Waals surface area contributed by atoms with Crippen molar-refractivity contribution in [3.63, 3.8) is 0 Å². The molecular weight excluding hydrogens is 303 g/mol. The number of hydrogen-bond donors (Lipinski definition) is 1. The van der Waals surface area contributed by atoms with Gasteiger partial charge >= 0.3 is 0 Å². The van der Waals surface area contributed by atoms with Gasteiger partial charge in [0.05, 0.1) is 0 Å². The zero-order valence-corrected chi connectivity index (χ0v) is 14.7. The molecule has 4 rings (SSSR count). The maximum atomic E-state index is 13.1. The molecule has 0 radical (unpaired) electrons. The number of aliphatic hydroxyl groups is 1. The Morgan fingerprint density at radius 2 is 1.75 bits per heavy atom. The van der Waals surface area contributed by atoms with Crippen LogP contribution in [0.2, 0.25) is 0 Å². The molecule has 3 saturated heterocycles. The third kappa shape index (κ3) is 5.01. The molecule has 0 amide bonds. The number of unbranched alkanes of at least 4 members (excludes halogenated alkanes) is 3. The van der Waals surface area contributed by atoms with Crippen LogP contribution in [0.1, 0.15) is 44.1 Å². The minimum Gasteiger partial charge on any atom is -0.396 e. The third-order valence-corrected chi connectivity index (χ3v) is 5.58. The second-order valence-electron chi connectivity index (χ2n) is 7.55. The number of aliphatic hydroxyl groups excluding tert-OH is 1. The van der Waals surface area contributed by atoms with Gasteiger partial charge < -0.3 is 5.11 Å². The number of rotatable bonds is 8. The molecule has 0 spiro atoms. The molecule has 3 aliphatic heterocycles. The first-order chi connectivity index (χ1) is 11.7. The first kappa shape index (κ1) is 17.8. The molecular formula is C20H31FN2O. The van der Waals surface area contributed by atoms with Gasteiger partial charge in [-0.2, -0.15) is 0 Å². The summed E-state index contributed by atoms with van der Waals surface area (Å²) in [6.07, 6.45) is 7.24. The quantitative estimate of drug-likeness (QED) is 0.739. The van der Waals surface area contributed by atoms with E-state index in [4.69, 9.17) is 5.11 Å². The lowest BCUT2D eigenvalue weighted by molar-refractivity contribution is 0.128. The lowest BCUT2D eigenvalue weighted by atomic mass is 9.94. The highest BCUT2D eigenvalue weighted by atomic mass is 19.1. The zero-order valence-electron chi connectivity index (χ0n) is 14.7. The predicted molar refractivity (Wildman–Crippen MR) is 95.3 cm³/mol. The van der Waals surface area contributed by atoms with Crippen molar-refractivity contribution < 1.29 is 9.50 Å². The van der Waals surface area contributed by atoms with Gasteiger partial charge in [0.2, 0.25) is 0 Å². The highest BCUT2D eigenvalue weighted by molar-refractivity contribution is 5.16. The van der Waals surface area contributed by atoms with Gasteiger partial charge in [-0.3, -0.25) is 9.80 Å².